The smallest absolute Gasteiger partial charge is 0.251 e. The molecule has 43 heavy (non-hydrogen) atoms. The second kappa shape index (κ2) is 16.8. The first kappa shape index (κ1) is 32.9. The van der Waals surface area contributed by atoms with Gasteiger partial charge in [-0.15, -0.1) is 0 Å². The summed E-state index contributed by atoms with van der Waals surface area (Å²) in [5.41, 5.74) is 2.89. The van der Waals surface area contributed by atoms with Crippen LogP contribution in [0.5, 0.6) is 5.75 Å². The molecule has 0 aliphatic carbocycles. The first-order chi connectivity index (χ1) is 20.6. The minimum Gasteiger partial charge on any atom is -0.492 e. The van der Waals surface area contributed by atoms with Crippen molar-refractivity contribution in [1.29, 1.82) is 0 Å². The molecule has 10 heteroatoms. The predicted octanol–water partition coefficient (Wildman–Crippen LogP) is 2.88. The first-order valence-corrected chi connectivity index (χ1v) is 14.4. The maximum absolute atomic E-state index is 12.9. The standard InChI is InChI=1S/C33H41N5O5/c1-23(2)18-30(37-32(41)25-11-13-28(14-12-25)43-17-16-38(3)4)33(42)36-22-27(39)21-35-31(40)20-24-8-7-9-26(19-24)29-10-5-6-15-34-29/h5-15,19,23,30H,16-18,20-22H2,1-4H3,(H,35,40)(H,36,42)(H,37,41)/t30-/m0/s1. The molecule has 1 atom stereocenters. The van der Waals surface area contributed by atoms with Gasteiger partial charge >= 0.3 is 0 Å². The van der Waals surface area contributed by atoms with Crippen LogP contribution in [0.4, 0.5) is 0 Å². The summed E-state index contributed by atoms with van der Waals surface area (Å²) in [6.45, 7) is 4.70. The Labute approximate surface area is 253 Å². The number of rotatable bonds is 16. The lowest BCUT2D eigenvalue weighted by atomic mass is 10.0. The van der Waals surface area contributed by atoms with Crippen LogP contribution >= 0.6 is 0 Å². The third-order valence-electron chi connectivity index (χ3n) is 6.45. The van der Waals surface area contributed by atoms with Crippen LogP contribution in [0.3, 0.4) is 0 Å². The largest absolute Gasteiger partial charge is 0.492 e. The molecule has 228 valence electrons. The monoisotopic (exact) mass is 587 g/mol. The molecule has 3 rings (SSSR count). The number of aromatic nitrogens is 1. The zero-order valence-electron chi connectivity index (χ0n) is 25.3. The van der Waals surface area contributed by atoms with E-state index in [1.165, 1.54) is 0 Å². The van der Waals surface area contributed by atoms with E-state index in [1.807, 2.05) is 75.3 Å². The number of ketones is 1. The van der Waals surface area contributed by atoms with Crippen molar-refractivity contribution in [1.82, 2.24) is 25.8 Å². The zero-order valence-corrected chi connectivity index (χ0v) is 25.3. The molecule has 0 saturated carbocycles. The van der Waals surface area contributed by atoms with Crippen molar-refractivity contribution in [3.05, 3.63) is 84.1 Å². The maximum atomic E-state index is 12.9. The number of nitrogens with zero attached hydrogens (tertiary/aromatic N) is 2. The summed E-state index contributed by atoms with van der Waals surface area (Å²) >= 11 is 0. The highest BCUT2D eigenvalue weighted by Crippen LogP contribution is 2.18. The van der Waals surface area contributed by atoms with Crippen molar-refractivity contribution in [3.8, 4) is 17.0 Å². The fourth-order valence-electron chi connectivity index (χ4n) is 4.18. The Morgan fingerprint density at radius 2 is 1.65 bits per heavy atom. The van der Waals surface area contributed by atoms with Crippen molar-refractivity contribution in [3.63, 3.8) is 0 Å². The lowest BCUT2D eigenvalue weighted by molar-refractivity contribution is -0.127. The van der Waals surface area contributed by atoms with Gasteiger partial charge in [-0.05, 0) is 74.5 Å². The lowest BCUT2D eigenvalue weighted by Crippen LogP contribution is -2.49. The quantitative estimate of drug-likeness (QED) is 0.235. The van der Waals surface area contributed by atoms with Crippen molar-refractivity contribution < 1.29 is 23.9 Å². The van der Waals surface area contributed by atoms with Gasteiger partial charge < -0.3 is 25.6 Å². The number of likely N-dealkylation sites (N-methyl/N-ethyl adjacent to an activating group) is 1. The van der Waals surface area contributed by atoms with E-state index >= 15 is 0 Å². The number of benzene rings is 2. The summed E-state index contributed by atoms with van der Waals surface area (Å²) in [5, 5.41) is 7.99. The van der Waals surface area contributed by atoms with Crippen molar-refractivity contribution in [2.45, 2.75) is 32.7 Å². The summed E-state index contributed by atoms with van der Waals surface area (Å²) < 4.78 is 5.67. The minimum absolute atomic E-state index is 0.103. The Bertz CT molecular complexity index is 1360. The van der Waals surface area contributed by atoms with Gasteiger partial charge in [0.05, 0.1) is 25.2 Å². The SMILES string of the molecule is CC(C)C[C@H](NC(=O)c1ccc(OCCN(C)C)cc1)C(=O)NCC(=O)CNC(=O)Cc1cccc(-c2ccccn2)c1. The molecule has 10 nitrogen and oxygen atoms in total. The Hall–Kier alpha value is -4.57. The summed E-state index contributed by atoms with van der Waals surface area (Å²) in [4.78, 5) is 57.0. The maximum Gasteiger partial charge on any atom is 0.251 e. The third kappa shape index (κ3) is 11.7. The molecule has 0 aliphatic rings. The van der Waals surface area contributed by atoms with Crippen molar-refractivity contribution in [2.75, 3.05) is 40.3 Å². The molecule has 1 aromatic heterocycles. The number of ether oxygens (including phenoxy) is 1. The second-order valence-electron chi connectivity index (χ2n) is 11.0. The van der Waals surface area contributed by atoms with Gasteiger partial charge in [-0.1, -0.05) is 38.1 Å². The van der Waals surface area contributed by atoms with Crippen LogP contribution in [0, 0.1) is 5.92 Å². The normalized spacial score (nSPS) is 11.6. The van der Waals surface area contributed by atoms with Crippen LogP contribution in [-0.2, 0) is 20.8 Å². The van der Waals surface area contributed by atoms with Crippen molar-refractivity contribution >= 4 is 23.5 Å². The fraction of sp³-hybridized carbons (Fsp3) is 0.364. The van der Waals surface area contributed by atoms with Gasteiger partial charge in [0.25, 0.3) is 5.91 Å². The molecule has 3 N–H and O–H groups in total. The average Bonchev–Trinajstić information content (AvgIpc) is 2.99. The van der Waals surface area contributed by atoms with E-state index in [2.05, 4.69) is 20.9 Å². The van der Waals surface area contributed by atoms with Gasteiger partial charge in [-0.3, -0.25) is 24.2 Å². The van der Waals surface area contributed by atoms with Gasteiger partial charge in [0.2, 0.25) is 11.8 Å². The number of hydrogen-bond acceptors (Lipinski definition) is 7. The van der Waals surface area contributed by atoms with Gasteiger partial charge in [-0.2, -0.15) is 0 Å². The Kier molecular flexibility index (Phi) is 12.8. The topological polar surface area (TPSA) is 130 Å². The number of hydrogen-bond donors (Lipinski definition) is 3. The van der Waals surface area contributed by atoms with E-state index in [4.69, 9.17) is 4.74 Å². The zero-order chi connectivity index (χ0) is 31.2. The van der Waals surface area contributed by atoms with Crippen molar-refractivity contribution in [2.24, 2.45) is 5.92 Å². The number of carbonyl (C=O) groups is 4. The summed E-state index contributed by atoms with van der Waals surface area (Å²) in [6.07, 6.45) is 2.21. The third-order valence-corrected chi connectivity index (χ3v) is 6.45. The molecular formula is C33H41N5O5. The predicted molar refractivity (Wildman–Crippen MR) is 166 cm³/mol. The van der Waals surface area contributed by atoms with Gasteiger partial charge in [-0.25, -0.2) is 0 Å². The number of carbonyl (C=O) groups excluding carboxylic acids is 4. The Balaban J connectivity index is 1.45. The van der Waals surface area contributed by atoms with Crippen LogP contribution in [0.25, 0.3) is 11.3 Å². The molecule has 0 fully saturated rings. The lowest BCUT2D eigenvalue weighted by Gasteiger charge is -2.20. The molecule has 0 aliphatic heterocycles. The molecule has 0 radical (unpaired) electrons. The van der Waals surface area contributed by atoms with E-state index in [-0.39, 0.29) is 37.1 Å². The Morgan fingerprint density at radius 1 is 0.907 bits per heavy atom. The molecule has 0 bridgehead atoms. The van der Waals surface area contributed by atoms with Crippen LogP contribution in [0.2, 0.25) is 0 Å². The van der Waals surface area contributed by atoms with Crippen LogP contribution < -0.4 is 20.7 Å². The highest BCUT2D eigenvalue weighted by atomic mass is 16.5. The molecule has 3 amide bonds. The molecule has 0 spiro atoms. The molecule has 3 aromatic rings. The number of pyridine rings is 1. The molecule has 0 saturated heterocycles. The Morgan fingerprint density at radius 3 is 2.33 bits per heavy atom. The molecular weight excluding hydrogens is 546 g/mol. The molecule has 0 unspecified atom stereocenters. The van der Waals surface area contributed by atoms with E-state index < -0.39 is 17.9 Å². The van der Waals surface area contributed by atoms with E-state index in [1.54, 1.807) is 30.5 Å². The van der Waals surface area contributed by atoms with Gasteiger partial charge in [0, 0.05) is 23.9 Å². The van der Waals surface area contributed by atoms with E-state index in [0.29, 0.717) is 24.3 Å². The highest BCUT2D eigenvalue weighted by molar-refractivity contribution is 5.98. The number of Topliss-reactive ketones (excluding diaryl/α,β-unsaturated/α-hetero) is 1. The van der Waals surface area contributed by atoms with E-state index in [9.17, 15) is 19.2 Å². The average molecular weight is 588 g/mol. The minimum atomic E-state index is -0.822. The highest BCUT2D eigenvalue weighted by Gasteiger charge is 2.23. The summed E-state index contributed by atoms with van der Waals surface area (Å²) in [5.74, 6) is -0.753. The number of amides is 3. The fourth-order valence-corrected chi connectivity index (χ4v) is 4.18. The summed E-state index contributed by atoms with van der Waals surface area (Å²) in [7, 11) is 3.92. The number of nitrogens with one attached hydrogen (secondary N) is 3. The van der Waals surface area contributed by atoms with Crippen LogP contribution in [0.1, 0.15) is 36.2 Å². The van der Waals surface area contributed by atoms with Gasteiger partial charge in [0.1, 0.15) is 18.4 Å². The second-order valence-corrected chi connectivity index (χ2v) is 11.0. The summed E-state index contributed by atoms with van der Waals surface area (Å²) in [6, 6.07) is 19.0. The first-order valence-electron chi connectivity index (χ1n) is 14.4. The van der Waals surface area contributed by atoms with E-state index in [0.717, 1.165) is 23.4 Å². The van der Waals surface area contributed by atoms with Crippen LogP contribution in [0.15, 0.2) is 72.9 Å². The van der Waals surface area contributed by atoms with Gasteiger partial charge in [0.15, 0.2) is 5.78 Å². The molecule has 1 heterocycles. The van der Waals surface area contributed by atoms with Crippen LogP contribution in [-0.4, -0.2) is 79.8 Å². The molecule has 2 aromatic carbocycles.